The number of hydrogen-bond acceptors (Lipinski definition) is 8. The topological polar surface area (TPSA) is 118 Å². The summed E-state index contributed by atoms with van der Waals surface area (Å²) in [4.78, 5) is 13.5. The van der Waals surface area contributed by atoms with Gasteiger partial charge in [-0.05, 0) is 50.2 Å². The zero-order chi connectivity index (χ0) is 30.1. The van der Waals surface area contributed by atoms with Crippen LogP contribution in [0.25, 0.3) is 0 Å². The van der Waals surface area contributed by atoms with E-state index in [1.807, 2.05) is 26.0 Å². The number of aliphatic hydroxyl groups excluding tert-OH is 2. The van der Waals surface area contributed by atoms with Crippen LogP contribution < -0.4 is 0 Å². The zero-order valence-electron chi connectivity index (χ0n) is 25.5. The van der Waals surface area contributed by atoms with E-state index in [-0.39, 0.29) is 5.92 Å². The predicted molar refractivity (Wildman–Crippen MR) is 156 cm³/mol. The van der Waals surface area contributed by atoms with Gasteiger partial charge in [0.1, 0.15) is 29.5 Å². The Hall–Kier alpha value is -1.65. The number of carbonyl (C=O) groups is 1. The zero-order valence-corrected chi connectivity index (χ0v) is 25.5. The number of ketones is 1. The summed E-state index contributed by atoms with van der Waals surface area (Å²) in [6, 6.07) is 0. The first-order valence-electron chi connectivity index (χ1n) is 16.0. The Morgan fingerprint density at radius 1 is 1.10 bits per heavy atom. The Bertz CT molecular complexity index is 1210. The largest absolute Gasteiger partial charge is 0.393 e. The van der Waals surface area contributed by atoms with Crippen LogP contribution in [0.5, 0.6) is 0 Å². The van der Waals surface area contributed by atoms with Gasteiger partial charge in [-0.2, -0.15) is 0 Å². The van der Waals surface area contributed by atoms with Gasteiger partial charge in [-0.25, -0.2) is 0 Å². The maximum Gasteiger partial charge on any atom is 0.306 e. The van der Waals surface area contributed by atoms with Gasteiger partial charge in [0.15, 0.2) is 11.4 Å². The van der Waals surface area contributed by atoms with Crippen LogP contribution in [0.1, 0.15) is 85.5 Å². The van der Waals surface area contributed by atoms with Gasteiger partial charge in [0.2, 0.25) is 0 Å². The lowest BCUT2D eigenvalue weighted by molar-refractivity contribution is -0.406. The van der Waals surface area contributed by atoms with Crippen LogP contribution >= 0.6 is 0 Å². The second-order valence-electron chi connectivity index (χ2n) is 13.7. The van der Waals surface area contributed by atoms with Crippen LogP contribution in [0.4, 0.5) is 0 Å². The number of allylic oxidation sites excluding steroid dienone is 3. The van der Waals surface area contributed by atoms with Crippen molar-refractivity contribution in [3.63, 3.8) is 0 Å². The van der Waals surface area contributed by atoms with Gasteiger partial charge in [0.25, 0.3) is 0 Å². The average molecular weight is 585 g/mol. The minimum Gasteiger partial charge on any atom is -0.393 e. The van der Waals surface area contributed by atoms with E-state index >= 15 is 0 Å². The summed E-state index contributed by atoms with van der Waals surface area (Å²) >= 11 is 0. The van der Waals surface area contributed by atoms with E-state index in [1.165, 1.54) is 38.5 Å². The quantitative estimate of drug-likeness (QED) is 0.134. The molecule has 0 aromatic carbocycles. The summed E-state index contributed by atoms with van der Waals surface area (Å²) in [7, 11) is 0. The van der Waals surface area contributed by atoms with Gasteiger partial charge in [-0.15, -0.1) is 0 Å². The van der Waals surface area contributed by atoms with Gasteiger partial charge in [-0.1, -0.05) is 83.3 Å². The first-order chi connectivity index (χ1) is 20.0. The summed E-state index contributed by atoms with van der Waals surface area (Å²) < 4.78 is 26.5. The van der Waals surface area contributed by atoms with E-state index in [2.05, 4.69) is 19.6 Å². The van der Waals surface area contributed by atoms with Crippen LogP contribution in [0.15, 0.2) is 48.1 Å². The molecule has 3 aliphatic heterocycles. The summed E-state index contributed by atoms with van der Waals surface area (Å²) in [5, 5.41) is 34.2. The second-order valence-corrected chi connectivity index (χ2v) is 13.7. The first-order valence-corrected chi connectivity index (χ1v) is 16.0. The van der Waals surface area contributed by atoms with Crippen molar-refractivity contribution in [2.75, 3.05) is 6.61 Å². The number of fused-ring (bicyclic) bond motifs is 3. The van der Waals surface area contributed by atoms with Crippen molar-refractivity contribution >= 4 is 5.78 Å². The lowest BCUT2D eigenvalue weighted by Gasteiger charge is -2.59. The van der Waals surface area contributed by atoms with Crippen LogP contribution in [0, 0.1) is 17.8 Å². The monoisotopic (exact) mass is 584 g/mol. The molecule has 3 N–H and O–H groups in total. The molecule has 5 fully saturated rings. The average Bonchev–Trinajstić information content (AvgIpc) is 3.60. The number of rotatable bonds is 12. The number of ether oxygens (including phenoxy) is 4. The SMILES string of the molecule is C=C(C)[C@]12C[C@@H](C)[C@@]34OC(/C=C/C=C/CCCCCCCCC)(O[C@@H]1[C@@H]3[C@@H]1O[C@]1(CO)[C@@H](O)[C@]1(O)C(=O)C(C)=C[C@H]14)O2. The van der Waals surface area contributed by atoms with Crippen molar-refractivity contribution in [3.8, 4) is 0 Å². The summed E-state index contributed by atoms with van der Waals surface area (Å²) in [6.07, 6.45) is 16.9. The second kappa shape index (κ2) is 10.5. The fourth-order valence-electron chi connectivity index (χ4n) is 8.98. The van der Waals surface area contributed by atoms with Crippen LogP contribution in [-0.2, 0) is 23.7 Å². The highest BCUT2D eigenvalue weighted by atomic mass is 16.9. The van der Waals surface area contributed by atoms with E-state index in [9.17, 15) is 20.1 Å². The number of epoxide rings is 1. The van der Waals surface area contributed by atoms with E-state index < -0.39 is 70.9 Å². The lowest BCUT2D eigenvalue weighted by Crippen LogP contribution is -2.72. The maximum absolute atomic E-state index is 13.5. The highest BCUT2D eigenvalue weighted by Crippen LogP contribution is 2.72. The normalized spacial score (nSPS) is 48.4. The van der Waals surface area contributed by atoms with Crippen molar-refractivity contribution in [3.05, 3.63) is 48.1 Å². The molecule has 0 amide bonds. The molecule has 6 rings (SSSR count). The van der Waals surface area contributed by atoms with Gasteiger partial charge < -0.3 is 34.3 Å². The number of carbonyl (C=O) groups excluding carboxylic acids is 1. The molecule has 3 saturated heterocycles. The van der Waals surface area contributed by atoms with Crippen molar-refractivity contribution in [2.24, 2.45) is 17.8 Å². The molecule has 3 heterocycles. The van der Waals surface area contributed by atoms with E-state index in [0.717, 1.165) is 18.4 Å². The number of aliphatic hydroxyl groups is 3. The Balaban J connectivity index is 1.31. The number of unbranched alkanes of at least 4 members (excludes halogenated alkanes) is 7. The molecule has 0 aromatic rings. The molecule has 1 unspecified atom stereocenters. The molecule has 2 saturated carbocycles. The molecule has 0 aromatic heterocycles. The minimum absolute atomic E-state index is 0.236. The molecular formula is C34H48O8. The molecule has 3 bridgehead atoms. The molecule has 232 valence electrons. The fourth-order valence-corrected chi connectivity index (χ4v) is 8.98. The Kier molecular flexibility index (Phi) is 7.57. The fraction of sp³-hybridized carbons (Fsp3) is 0.735. The summed E-state index contributed by atoms with van der Waals surface area (Å²) in [5.74, 6) is -3.80. The Morgan fingerprint density at radius 2 is 1.81 bits per heavy atom. The van der Waals surface area contributed by atoms with E-state index in [4.69, 9.17) is 18.9 Å². The molecule has 8 nitrogen and oxygen atoms in total. The van der Waals surface area contributed by atoms with Crippen molar-refractivity contribution in [2.45, 2.75) is 132 Å². The van der Waals surface area contributed by atoms with Crippen molar-refractivity contribution < 1.29 is 39.1 Å². The van der Waals surface area contributed by atoms with Crippen LogP contribution in [0.2, 0.25) is 0 Å². The summed E-state index contributed by atoms with van der Waals surface area (Å²) in [5.41, 5.74) is -4.66. The molecule has 8 heteroatoms. The van der Waals surface area contributed by atoms with Crippen molar-refractivity contribution in [1.29, 1.82) is 0 Å². The smallest absolute Gasteiger partial charge is 0.306 e. The summed E-state index contributed by atoms with van der Waals surface area (Å²) in [6.45, 7) is 11.6. The molecule has 6 aliphatic rings. The van der Waals surface area contributed by atoms with Gasteiger partial charge in [-0.3, -0.25) is 4.79 Å². The van der Waals surface area contributed by atoms with Gasteiger partial charge in [0, 0.05) is 17.9 Å². The van der Waals surface area contributed by atoms with Gasteiger partial charge >= 0.3 is 5.97 Å². The van der Waals surface area contributed by atoms with E-state index in [0.29, 0.717) is 12.0 Å². The van der Waals surface area contributed by atoms with Crippen LogP contribution in [-0.4, -0.2) is 74.4 Å². The molecule has 11 atom stereocenters. The van der Waals surface area contributed by atoms with Gasteiger partial charge in [0.05, 0.1) is 12.2 Å². The Morgan fingerprint density at radius 3 is 2.50 bits per heavy atom. The third-order valence-electron chi connectivity index (χ3n) is 11.2. The minimum atomic E-state index is -2.22. The highest BCUT2D eigenvalue weighted by molar-refractivity contribution is 6.05. The highest BCUT2D eigenvalue weighted by Gasteiger charge is 2.88. The third kappa shape index (κ3) is 3.95. The number of Topliss-reactive ketones (excluding diaryl/α,β-unsaturated/α-hetero) is 1. The predicted octanol–water partition coefficient (Wildman–Crippen LogP) is 4.43. The standard InChI is InChI=1S/C34H48O8/c1-6-7-8-9-10-11-12-13-14-15-16-17-32-40-27-25-28-31(20-35,39-28)29(37)33(38)24(18-22(4)26(33)36)34(25,42-32)23(5)19-30(27,41-32)21(2)3/h14-18,23-25,27-29,35,37-38H,2,6-13,19-20H2,1,3-5H3/b15-14+,17-16+/t23-,24-,25-,27-,28+,29-,30-,31+,32?,33-,34+/m1/s1. The van der Waals surface area contributed by atoms with Crippen molar-refractivity contribution in [1.82, 2.24) is 0 Å². The first kappa shape index (κ1) is 30.4. The molecule has 0 spiro atoms. The molecule has 0 radical (unpaired) electrons. The maximum atomic E-state index is 13.5. The molecule has 42 heavy (non-hydrogen) atoms. The Labute approximate surface area is 249 Å². The molecular weight excluding hydrogens is 536 g/mol. The van der Waals surface area contributed by atoms with E-state index in [1.54, 1.807) is 19.1 Å². The van der Waals surface area contributed by atoms with Crippen LogP contribution in [0.3, 0.4) is 0 Å². The molecule has 3 aliphatic carbocycles. The number of hydrogen-bond donors (Lipinski definition) is 3. The third-order valence-corrected chi connectivity index (χ3v) is 11.2. The lowest BCUT2D eigenvalue weighted by atomic mass is 9.54.